The van der Waals surface area contributed by atoms with Gasteiger partial charge in [0, 0.05) is 19.0 Å². The molecule has 1 N–H and O–H groups in total. The largest absolute Gasteiger partial charge is 0.374 e. The number of urea groups is 1. The van der Waals surface area contributed by atoms with E-state index in [0.29, 0.717) is 19.2 Å². The Morgan fingerprint density at radius 3 is 2.65 bits per heavy atom. The Bertz CT molecular complexity index is 523. The van der Waals surface area contributed by atoms with Gasteiger partial charge in [-0.15, -0.1) is 0 Å². The lowest BCUT2D eigenvalue weighted by Gasteiger charge is -2.45. The van der Waals surface area contributed by atoms with E-state index < -0.39 is 0 Å². The highest BCUT2D eigenvalue weighted by Gasteiger charge is 2.38. The van der Waals surface area contributed by atoms with E-state index >= 15 is 0 Å². The summed E-state index contributed by atoms with van der Waals surface area (Å²) in [6, 6.07) is 10.8. The number of nitrogens with zero attached hydrogens (tertiary/aromatic N) is 1. The van der Waals surface area contributed by atoms with Crippen LogP contribution in [0.1, 0.15) is 45.1 Å². The molecule has 3 rings (SSSR count). The van der Waals surface area contributed by atoms with Gasteiger partial charge in [-0.05, 0) is 32.3 Å². The van der Waals surface area contributed by atoms with E-state index in [4.69, 9.17) is 4.74 Å². The summed E-state index contributed by atoms with van der Waals surface area (Å²) in [5, 5.41) is 3.22. The van der Waals surface area contributed by atoms with Gasteiger partial charge in [0.2, 0.25) is 0 Å². The molecule has 0 bridgehead atoms. The average molecular weight is 316 g/mol. The van der Waals surface area contributed by atoms with Gasteiger partial charge in [0.05, 0.1) is 18.2 Å². The normalized spacial score (nSPS) is 24.6. The van der Waals surface area contributed by atoms with E-state index in [0.717, 1.165) is 19.3 Å². The first-order valence-electron chi connectivity index (χ1n) is 8.78. The highest BCUT2D eigenvalue weighted by molar-refractivity contribution is 5.75. The predicted molar refractivity (Wildman–Crippen MR) is 91.5 cm³/mol. The van der Waals surface area contributed by atoms with E-state index in [1.165, 1.54) is 18.4 Å². The highest BCUT2D eigenvalue weighted by Crippen LogP contribution is 2.25. The van der Waals surface area contributed by atoms with Crippen molar-refractivity contribution in [3.05, 3.63) is 35.9 Å². The fourth-order valence-corrected chi connectivity index (χ4v) is 3.58. The molecule has 1 heterocycles. The monoisotopic (exact) mass is 316 g/mol. The predicted octanol–water partition coefficient (Wildman–Crippen LogP) is 3.36. The van der Waals surface area contributed by atoms with Crippen molar-refractivity contribution in [2.75, 3.05) is 13.2 Å². The van der Waals surface area contributed by atoms with Crippen molar-refractivity contribution in [3.63, 3.8) is 0 Å². The van der Waals surface area contributed by atoms with Crippen LogP contribution in [0.15, 0.2) is 30.3 Å². The molecule has 1 aliphatic carbocycles. The number of morpholine rings is 1. The summed E-state index contributed by atoms with van der Waals surface area (Å²) in [6.07, 6.45) is 5.61. The zero-order valence-electron chi connectivity index (χ0n) is 14.3. The van der Waals surface area contributed by atoms with Crippen molar-refractivity contribution in [3.8, 4) is 0 Å². The summed E-state index contributed by atoms with van der Waals surface area (Å²) in [5.74, 6) is 0. The Labute approximate surface area is 139 Å². The number of carbonyl (C=O) groups excluding carboxylic acids is 1. The van der Waals surface area contributed by atoms with Gasteiger partial charge in [0.15, 0.2) is 0 Å². The molecular weight excluding hydrogens is 288 g/mol. The van der Waals surface area contributed by atoms with Crippen molar-refractivity contribution < 1.29 is 9.53 Å². The molecule has 1 aliphatic heterocycles. The maximum Gasteiger partial charge on any atom is 0.318 e. The molecular formula is C19H28N2O2. The standard InChI is InChI=1S/C19H28N2O2/c1-19(2)14-23-17(12-15-8-4-3-5-9-15)13-21(19)18(22)20-16-10-6-7-11-16/h3-5,8-9,16-17H,6-7,10-14H2,1-2H3,(H,20,22). The molecule has 1 saturated carbocycles. The molecule has 1 unspecified atom stereocenters. The van der Waals surface area contributed by atoms with Gasteiger partial charge in [-0.3, -0.25) is 0 Å². The molecule has 1 atom stereocenters. The van der Waals surface area contributed by atoms with Crippen LogP contribution < -0.4 is 5.32 Å². The number of ether oxygens (including phenoxy) is 1. The highest BCUT2D eigenvalue weighted by atomic mass is 16.5. The van der Waals surface area contributed by atoms with Crippen LogP contribution in [0.25, 0.3) is 0 Å². The Kier molecular flexibility index (Phi) is 4.90. The van der Waals surface area contributed by atoms with Crippen LogP contribution in [0.3, 0.4) is 0 Å². The summed E-state index contributed by atoms with van der Waals surface area (Å²) in [4.78, 5) is 14.7. The Morgan fingerprint density at radius 1 is 1.26 bits per heavy atom. The first-order valence-corrected chi connectivity index (χ1v) is 8.78. The van der Waals surface area contributed by atoms with Gasteiger partial charge in [-0.25, -0.2) is 4.79 Å². The van der Waals surface area contributed by atoms with E-state index in [1.807, 2.05) is 23.1 Å². The number of nitrogens with one attached hydrogen (secondary N) is 1. The topological polar surface area (TPSA) is 41.6 Å². The van der Waals surface area contributed by atoms with Crippen LogP contribution in [0.5, 0.6) is 0 Å². The smallest absolute Gasteiger partial charge is 0.318 e. The minimum atomic E-state index is -0.254. The van der Waals surface area contributed by atoms with Crippen LogP contribution in [0.2, 0.25) is 0 Å². The van der Waals surface area contributed by atoms with Crippen LogP contribution >= 0.6 is 0 Å². The maximum absolute atomic E-state index is 12.7. The molecule has 126 valence electrons. The second kappa shape index (κ2) is 6.91. The van der Waals surface area contributed by atoms with Crippen molar-refractivity contribution in [1.82, 2.24) is 10.2 Å². The Morgan fingerprint density at radius 2 is 1.96 bits per heavy atom. The SMILES string of the molecule is CC1(C)COC(Cc2ccccc2)CN1C(=O)NC1CCCC1. The van der Waals surface area contributed by atoms with Crippen molar-refractivity contribution in [2.24, 2.45) is 0 Å². The van der Waals surface area contributed by atoms with E-state index in [-0.39, 0.29) is 17.7 Å². The Hall–Kier alpha value is -1.55. The summed E-state index contributed by atoms with van der Waals surface area (Å²) in [5.41, 5.74) is 1.00. The summed E-state index contributed by atoms with van der Waals surface area (Å²) < 4.78 is 6.03. The Balaban J connectivity index is 1.63. The lowest BCUT2D eigenvalue weighted by atomic mass is 9.98. The minimum absolute atomic E-state index is 0.0692. The zero-order chi connectivity index (χ0) is 16.3. The molecule has 1 aromatic rings. The van der Waals surface area contributed by atoms with E-state index in [1.54, 1.807) is 0 Å². The van der Waals surface area contributed by atoms with Crippen LogP contribution in [0.4, 0.5) is 4.79 Å². The number of hydrogen-bond donors (Lipinski definition) is 1. The first kappa shape index (κ1) is 16.3. The van der Waals surface area contributed by atoms with Gasteiger partial charge in [0.25, 0.3) is 0 Å². The molecule has 2 fully saturated rings. The van der Waals surface area contributed by atoms with Crippen LogP contribution in [-0.4, -0.2) is 41.8 Å². The summed E-state index contributed by atoms with van der Waals surface area (Å²) in [6.45, 7) is 5.41. The van der Waals surface area contributed by atoms with Gasteiger partial charge < -0.3 is 15.0 Å². The molecule has 0 aromatic heterocycles. The third-order valence-electron chi connectivity index (χ3n) is 5.02. The second-order valence-electron chi connectivity index (χ2n) is 7.48. The maximum atomic E-state index is 12.7. The summed E-state index contributed by atoms with van der Waals surface area (Å²) in [7, 11) is 0. The van der Waals surface area contributed by atoms with E-state index in [2.05, 4.69) is 31.3 Å². The first-order chi connectivity index (χ1) is 11.0. The van der Waals surface area contributed by atoms with Gasteiger partial charge in [-0.2, -0.15) is 0 Å². The van der Waals surface area contributed by atoms with Gasteiger partial charge >= 0.3 is 6.03 Å². The molecule has 0 radical (unpaired) electrons. The molecule has 2 aliphatic rings. The molecule has 1 aromatic carbocycles. The quantitative estimate of drug-likeness (QED) is 0.929. The molecule has 4 heteroatoms. The van der Waals surface area contributed by atoms with Gasteiger partial charge in [-0.1, -0.05) is 43.2 Å². The lowest BCUT2D eigenvalue weighted by Crippen LogP contribution is -2.61. The molecule has 23 heavy (non-hydrogen) atoms. The van der Waals surface area contributed by atoms with Crippen molar-refractivity contribution in [1.29, 1.82) is 0 Å². The van der Waals surface area contributed by atoms with Crippen molar-refractivity contribution in [2.45, 2.75) is 63.6 Å². The molecule has 0 spiro atoms. The van der Waals surface area contributed by atoms with E-state index in [9.17, 15) is 4.79 Å². The lowest BCUT2D eigenvalue weighted by molar-refractivity contribution is -0.0780. The fourth-order valence-electron chi connectivity index (χ4n) is 3.58. The zero-order valence-corrected chi connectivity index (χ0v) is 14.3. The second-order valence-corrected chi connectivity index (χ2v) is 7.48. The number of rotatable bonds is 3. The molecule has 1 saturated heterocycles. The van der Waals surface area contributed by atoms with Crippen molar-refractivity contribution >= 4 is 6.03 Å². The third-order valence-corrected chi connectivity index (χ3v) is 5.02. The number of hydrogen-bond acceptors (Lipinski definition) is 2. The molecule has 2 amide bonds. The minimum Gasteiger partial charge on any atom is -0.374 e. The number of benzene rings is 1. The molecule has 4 nitrogen and oxygen atoms in total. The van der Waals surface area contributed by atoms with Crippen LogP contribution in [0, 0.1) is 0 Å². The summed E-state index contributed by atoms with van der Waals surface area (Å²) >= 11 is 0. The number of amides is 2. The third kappa shape index (κ3) is 4.05. The average Bonchev–Trinajstić information content (AvgIpc) is 3.03. The number of carbonyl (C=O) groups is 1. The fraction of sp³-hybridized carbons (Fsp3) is 0.632. The van der Waals surface area contributed by atoms with Gasteiger partial charge in [0.1, 0.15) is 0 Å². The van der Waals surface area contributed by atoms with Crippen LogP contribution in [-0.2, 0) is 11.2 Å².